The summed E-state index contributed by atoms with van der Waals surface area (Å²) >= 11 is 0. The second-order valence-electron chi connectivity index (χ2n) is 10.3. The lowest BCUT2D eigenvalue weighted by atomic mass is 10.1. The fraction of sp³-hybridized carbons (Fsp3) is 0.375. The van der Waals surface area contributed by atoms with E-state index in [0.29, 0.717) is 18.0 Å². The highest BCUT2D eigenvalue weighted by atomic mass is 32.2. The van der Waals surface area contributed by atoms with Gasteiger partial charge in [0.25, 0.3) is 10.0 Å². The molecule has 0 aliphatic heterocycles. The van der Waals surface area contributed by atoms with E-state index in [1.165, 1.54) is 37.3 Å². The molecule has 0 unspecified atom stereocenters. The van der Waals surface area contributed by atoms with Crippen molar-refractivity contribution in [1.82, 2.24) is 10.2 Å². The number of amides is 2. The summed E-state index contributed by atoms with van der Waals surface area (Å²) in [5.41, 5.74) is 3.85. The molecule has 0 aromatic heterocycles. The summed E-state index contributed by atoms with van der Waals surface area (Å²) < 4.78 is 40.2. The molecule has 10 heteroatoms. The summed E-state index contributed by atoms with van der Waals surface area (Å²) in [6.07, 6.45) is 0.744. The van der Waals surface area contributed by atoms with Crippen molar-refractivity contribution in [2.45, 2.75) is 58.5 Å². The fourth-order valence-corrected chi connectivity index (χ4v) is 6.09. The third kappa shape index (κ3) is 7.61. The first-order chi connectivity index (χ1) is 19.9. The van der Waals surface area contributed by atoms with Gasteiger partial charge in [0.1, 0.15) is 12.6 Å². The maximum atomic E-state index is 14.2. The highest BCUT2D eigenvalue weighted by Gasteiger charge is 2.33. The van der Waals surface area contributed by atoms with Crippen molar-refractivity contribution in [2.24, 2.45) is 0 Å². The highest BCUT2D eigenvalue weighted by molar-refractivity contribution is 7.92. The van der Waals surface area contributed by atoms with Crippen LogP contribution in [0.5, 0.6) is 11.5 Å². The molecule has 0 saturated heterocycles. The van der Waals surface area contributed by atoms with E-state index in [1.807, 2.05) is 58.0 Å². The summed E-state index contributed by atoms with van der Waals surface area (Å²) in [5, 5.41) is 2.86. The Morgan fingerprint density at radius 3 is 2.14 bits per heavy atom. The summed E-state index contributed by atoms with van der Waals surface area (Å²) in [5.74, 6) is -0.199. The minimum absolute atomic E-state index is 0.0636. The first-order valence-corrected chi connectivity index (χ1v) is 15.3. The van der Waals surface area contributed by atoms with Gasteiger partial charge in [-0.15, -0.1) is 0 Å². The number of hydrogen-bond acceptors (Lipinski definition) is 6. The summed E-state index contributed by atoms with van der Waals surface area (Å²) in [4.78, 5) is 28.6. The van der Waals surface area contributed by atoms with Crippen LogP contribution in [0.25, 0.3) is 0 Å². The molecule has 0 aliphatic carbocycles. The highest BCUT2D eigenvalue weighted by Crippen LogP contribution is 2.33. The van der Waals surface area contributed by atoms with Crippen LogP contribution in [-0.2, 0) is 26.2 Å². The van der Waals surface area contributed by atoms with Gasteiger partial charge in [-0.25, -0.2) is 8.42 Å². The van der Waals surface area contributed by atoms with Crippen LogP contribution in [0.15, 0.2) is 65.6 Å². The molecule has 0 fully saturated rings. The molecule has 2 amide bonds. The Labute approximate surface area is 249 Å². The van der Waals surface area contributed by atoms with E-state index in [-0.39, 0.29) is 23.1 Å². The largest absolute Gasteiger partial charge is 0.493 e. The molecule has 42 heavy (non-hydrogen) atoms. The molecular formula is C32H41N3O6S. The number of carbonyl (C=O) groups excluding carboxylic acids is 2. The average Bonchev–Trinajstić information content (AvgIpc) is 2.96. The predicted octanol–water partition coefficient (Wildman–Crippen LogP) is 4.77. The molecule has 0 radical (unpaired) electrons. The van der Waals surface area contributed by atoms with Crippen LogP contribution < -0.4 is 19.1 Å². The Bertz CT molecular complexity index is 1500. The van der Waals surface area contributed by atoms with Crippen LogP contribution in [0.1, 0.15) is 42.5 Å². The van der Waals surface area contributed by atoms with E-state index in [4.69, 9.17) is 9.47 Å². The topological polar surface area (TPSA) is 105 Å². The monoisotopic (exact) mass is 595 g/mol. The van der Waals surface area contributed by atoms with Crippen molar-refractivity contribution in [2.75, 3.05) is 31.6 Å². The molecule has 0 spiro atoms. The van der Waals surface area contributed by atoms with Gasteiger partial charge in [0.2, 0.25) is 11.8 Å². The Morgan fingerprint density at radius 1 is 0.905 bits per heavy atom. The molecule has 0 heterocycles. The minimum Gasteiger partial charge on any atom is -0.493 e. The number of ether oxygens (including phenoxy) is 2. The van der Waals surface area contributed by atoms with E-state index in [9.17, 15) is 18.0 Å². The maximum Gasteiger partial charge on any atom is 0.264 e. The first-order valence-electron chi connectivity index (χ1n) is 13.9. The number of aryl methyl sites for hydroxylation is 3. The zero-order chi connectivity index (χ0) is 31.0. The van der Waals surface area contributed by atoms with Crippen LogP contribution >= 0.6 is 0 Å². The Kier molecular flexibility index (Phi) is 11.0. The van der Waals surface area contributed by atoms with Crippen molar-refractivity contribution >= 4 is 27.5 Å². The van der Waals surface area contributed by atoms with Gasteiger partial charge in [-0.3, -0.25) is 13.9 Å². The van der Waals surface area contributed by atoms with Crippen molar-refractivity contribution in [1.29, 1.82) is 0 Å². The van der Waals surface area contributed by atoms with Gasteiger partial charge >= 0.3 is 0 Å². The third-order valence-corrected chi connectivity index (χ3v) is 8.80. The second-order valence-corrected chi connectivity index (χ2v) is 12.2. The van der Waals surface area contributed by atoms with Gasteiger partial charge in [-0.1, -0.05) is 37.3 Å². The zero-order valence-electron chi connectivity index (χ0n) is 25.4. The van der Waals surface area contributed by atoms with Crippen LogP contribution in [0.3, 0.4) is 0 Å². The number of sulfonamides is 1. The standard InChI is InChI=1S/C32H41N3O6S/c1-8-15-33-32(37)25(5)34(20-26-12-10-9-11-24(26)4)31(36)21-35(27-17-22(2)16-23(3)18-27)42(38,39)28-13-14-29(40-6)30(19-28)41-7/h9-14,16-19,25H,8,15,20-21H2,1-7H3,(H,33,37)/t25-/m1/s1. The number of hydrogen-bond donors (Lipinski definition) is 1. The smallest absolute Gasteiger partial charge is 0.264 e. The van der Waals surface area contributed by atoms with Crippen molar-refractivity contribution in [3.05, 3.63) is 82.9 Å². The van der Waals surface area contributed by atoms with Gasteiger partial charge in [-0.05, 0) is 80.6 Å². The molecular weight excluding hydrogens is 554 g/mol. The summed E-state index contributed by atoms with van der Waals surface area (Å²) in [7, 11) is -1.38. The molecule has 3 aromatic carbocycles. The maximum absolute atomic E-state index is 14.2. The van der Waals surface area contributed by atoms with E-state index < -0.39 is 28.5 Å². The molecule has 3 aromatic rings. The van der Waals surface area contributed by atoms with Crippen LogP contribution in [0, 0.1) is 20.8 Å². The van der Waals surface area contributed by atoms with Gasteiger partial charge < -0.3 is 19.7 Å². The van der Waals surface area contributed by atoms with Gasteiger partial charge in [0.05, 0.1) is 24.8 Å². The average molecular weight is 596 g/mol. The lowest BCUT2D eigenvalue weighted by Crippen LogP contribution is -2.51. The second kappa shape index (κ2) is 14.2. The van der Waals surface area contributed by atoms with Crippen LogP contribution in [-0.4, -0.2) is 58.5 Å². The lowest BCUT2D eigenvalue weighted by Gasteiger charge is -2.32. The van der Waals surface area contributed by atoms with Crippen LogP contribution in [0.2, 0.25) is 0 Å². The van der Waals surface area contributed by atoms with Crippen molar-refractivity contribution < 1.29 is 27.5 Å². The molecule has 9 nitrogen and oxygen atoms in total. The molecule has 0 saturated carbocycles. The number of carbonyl (C=O) groups is 2. The molecule has 1 atom stereocenters. The fourth-order valence-electron chi connectivity index (χ4n) is 4.68. The van der Waals surface area contributed by atoms with E-state index in [0.717, 1.165) is 33.0 Å². The molecule has 0 aliphatic rings. The molecule has 1 N–H and O–H groups in total. The third-order valence-electron chi connectivity index (χ3n) is 7.03. The normalized spacial score (nSPS) is 11.9. The summed E-state index contributed by atoms with van der Waals surface area (Å²) in [6.45, 7) is 9.36. The molecule has 0 bridgehead atoms. The number of methoxy groups -OCH3 is 2. The Balaban J connectivity index is 2.11. The number of nitrogens with zero attached hydrogens (tertiary/aromatic N) is 2. The number of nitrogens with one attached hydrogen (secondary N) is 1. The van der Waals surface area contributed by atoms with Crippen molar-refractivity contribution in [3.63, 3.8) is 0 Å². The van der Waals surface area contributed by atoms with Gasteiger partial charge in [0, 0.05) is 19.2 Å². The van der Waals surface area contributed by atoms with E-state index >= 15 is 0 Å². The first kappa shape index (κ1) is 32.5. The quantitative estimate of drug-likeness (QED) is 0.305. The van der Waals surface area contributed by atoms with Crippen LogP contribution in [0.4, 0.5) is 5.69 Å². The number of rotatable bonds is 13. The number of benzene rings is 3. The zero-order valence-corrected chi connectivity index (χ0v) is 26.2. The number of anilines is 1. The lowest BCUT2D eigenvalue weighted by molar-refractivity contribution is -0.139. The van der Waals surface area contributed by atoms with E-state index in [2.05, 4.69) is 5.32 Å². The van der Waals surface area contributed by atoms with Gasteiger partial charge in [-0.2, -0.15) is 0 Å². The predicted molar refractivity (Wildman–Crippen MR) is 164 cm³/mol. The van der Waals surface area contributed by atoms with E-state index in [1.54, 1.807) is 19.1 Å². The Morgan fingerprint density at radius 2 is 1.55 bits per heavy atom. The Hall–Kier alpha value is -4.05. The summed E-state index contributed by atoms with van der Waals surface area (Å²) in [6, 6.07) is 16.4. The SMILES string of the molecule is CCCNC(=O)[C@@H](C)N(Cc1ccccc1C)C(=O)CN(c1cc(C)cc(C)c1)S(=O)(=O)c1ccc(OC)c(OC)c1. The molecule has 3 rings (SSSR count). The molecule has 226 valence electrons. The van der Waals surface area contributed by atoms with Gasteiger partial charge in [0.15, 0.2) is 11.5 Å². The minimum atomic E-state index is -4.27. The van der Waals surface area contributed by atoms with Crippen molar-refractivity contribution in [3.8, 4) is 11.5 Å².